The van der Waals surface area contributed by atoms with Crippen LogP contribution in [0.4, 0.5) is 19.1 Å². The molecule has 1 saturated heterocycles. The van der Waals surface area contributed by atoms with Crippen LogP contribution in [0.5, 0.6) is 0 Å². The summed E-state index contributed by atoms with van der Waals surface area (Å²) < 4.78 is 39.4. The molecular formula is C19H20F3N5O2. The average molecular weight is 407 g/mol. The number of nitrogens with one attached hydrogen (secondary N) is 1. The average Bonchev–Trinajstić information content (AvgIpc) is 2.73. The predicted octanol–water partition coefficient (Wildman–Crippen LogP) is 2.28. The molecule has 1 aliphatic heterocycles. The molecule has 2 heterocycles. The smallest absolute Gasteiger partial charge is 0.354 e. The van der Waals surface area contributed by atoms with Gasteiger partial charge < -0.3 is 15.1 Å². The number of nitrogens with zero attached hydrogens (tertiary/aromatic N) is 4. The quantitative estimate of drug-likeness (QED) is 0.823. The molecule has 154 valence electrons. The van der Waals surface area contributed by atoms with Gasteiger partial charge in [0.05, 0.1) is 11.1 Å². The van der Waals surface area contributed by atoms with E-state index < -0.39 is 17.6 Å². The summed E-state index contributed by atoms with van der Waals surface area (Å²) >= 11 is 0. The number of halogens is 3. The first-order valence-corrected chi connectivity index (χ1v) is 9.10. The molecule has 7 nitrogen and oxygen atoms in total. The van der Waals surface area contributed by atoms with Gasteiger partial charge >= 0.3 is 6.18 Å². The number of carbonyl (C=O) groups is 2. The fraction of sp³-hybridized carbons (Fsp3) is 0.368. The van der Waals surface area contributed by atoms with Crippen molar-refractivity contribution in [2.24, 2.45) is 0 Å². The summed E-state index contributed by atoms with van der Waals surface area (Å²) in [5, 5.41) is 2.94. The molecule has 2 amide bonds. The van der Waals surface area contributed by atoms with Crippen LogP contribution in [0.15, 0.2) is 42.7 Å². The number of carbonyl (C=O) groups excluding carboxylic acids is 2. The number of hydrogen-bond donors (Lipinski definition) is 1. The van der Waals surface area contributed by atoms with Gasteiger partial charge in [0.2, 0.25) is 11.9 Å². The summed E-state index contributed by atoms with van der Waals surface area (Å²) in [5.41, 5.74) is -1.32. The first kappa shape index (κ1) is 20.6. The summed E-state index contributed by atoms with van der Waals surface area (Å²) in [6.45, 7) is 1.29. The van der Waals surface area contributed by atoms with E-state index >= 15 is 0 Å². The van der Waals surface area contributed by atoms with Crippen molar-refractivity contribution in [3.05, 3.63) is 53.9 Å². The van der Waals surface area contributed by atoms with Crippen molar-refractivity contribution in [3.8, 4) is 0 Å². The van der Waals surface area contributed by atoms with E-state index in [4.69, 9.17) is 0 Å². The monoisotopic (exact) mass is 407 g/mol. The second-order valence-electron chi connectivity index (χ2n) is 6.47. The Morgan fingerprint density at radius 2 is 1.59 bits per heavy atom. The van der Waals surface area contributed by atoms with E-state index in [1.165, 1.54) is 23.1 Å². The Bertz CT molecular complexity index is 852. The van der Waals surface area contributed by atoms with Crippen molar-refractivity contribution in [2.45, 2.75) is 12.6 Å². The molecule has 10 heteroatoms. The number of benzene rings is 1. The lowest BCUT2D eigenvalue weighted by atomic mass is 10.1. The van der Waals surface area contributed by atoms with Crippen LogP contribution in [0.25, 0.3) is 0 Å². The molecule has 0 saturated carbocycles. The minimum absolute atomic E-state index is 0.101. The molecule has 3 rings (SSSR count). The topological polar surface area (TPSA) is 78.4 Å². The van der Waals surface area contributed by atoms with E-state index in [-0.39, 0.29) is 44.1 Å². The number of alkyl halides is 3. The third kappa shape index (κ3) is 5.21. The van der Waals surface area contributed by atoms with E-state index in [2.05, 4.69) is 15.3 Å². The normalized spacial score (nSPS) is 14.6. The minimum Gasteiger partial charge on any atom is -0.354 e. The number of rotatable bonds is 5. The highest BCUT2D eigenvalue weighted by atomic mass is 19.4. The Balaban J connectivity index is 1.51. The van der Waals surface area contributed by atoms with Crippen LogP contribution in [0.2, 0.25) is 0 Å². The molecule has 0 radical (unpaired) electrons. The summed E-state index contributed by atoms with van der Waals surface area (Å²) in [6, 6.07) is 6.43. The molecule has 1 fully saturated rings. The van der Waals surface area contributed by atoms with Gasteiger partial charge in [-0.3, -0.25) is 9.59 Å². The van der Waals surface area contributed by atoms with Crippen molar-refractivity contribution in [2.75, 3.05) is 38.0 Å². The highest BCUT2D eigenvalue weighted by molar-refractivity contribution is 5.96. The predicted molar refractivity (Wildman–Crippen MR) is 99.1 cm³/mol. The Labute approximate surface area is 165 Å². The zero-order chi connectivity index (χ0) is 20.9. The van der Waals surface area contributed by atoms with Gasteiger partial charge in [-0.2, -0.15) is 13.2 Å². The van der Waals surface area contributed by atoms with Crippen molar-refractivity contribution in [3.63, 3.8) is 0 Å². The van der Waals surface area contributed by atoms with E-state index in [9.17, 15) is 22.8 Å². The summed E-state index contributed by atoms with van der Waals surface area (Å²) in [6.07, 6.45) is -1.20. The SMILES string of the molecule is O=C(CCNc1ncccn1)N1CCN(C(=O)c2ccccc2C(F)(F)F)CC1. The van der Waals surface area contributed by atoms with Crippen LogP contribution >= 0.6 is 0 Å². The van der Waals surface area contributed by atoms with Crippen molar-refractivity contribution in [1.82, 2.24) is 19.8 Å². The van der Waals surface area contributed by atoms with Gasteiger partial charge in [-0.25, -0.2) is 9.97 Å². The number of piperazine rings is 1. The van der Waals surface area contributed by atoms with E-state index in [0.29, 0.717) is 12.5 Å². The second-order valence-corrected chi connectivity index (χ2v) is 6.47. The Morgan fingerprint density at radius 3 is 2.24 bits per heavy atom. The third-order valence-corrected chi connectivity index (χ3v) is 4.57. The van der Waals surface area contributed by atoms with Crippen molar-refractivity contribution < 1.29 is 22.8 Å². The maximum atomic E-state index is 13.1. The molecular weight excluding hydrogens is 387 g/mol. The fourth-order valence-electron chi connectivity index (χ4n) is 3.08. The number of hydrogen-bond acceptors (Lipinski definition) is 5. The lowest BCUT2D eigenvalue weighted by Gasteiger charge is -2.35. The molecule has 1 aromatic heterocycles. The van der Waals surface area contributed by atoms with E-state index in [1.54, 1.807) is 23.4 Å². The molecule has 0 unspecified atom stereocenters. The Hall–Kier alpha value is -3.17. The van der Waals surface area contributed by atoms with Gasteiger partial charge in [-0.15, -0.1) is 0 Å². The highest BCUT2D eigenvalue weighted by Crippen LogP contribution is 2.32. The van der Waals surface area contributed by atoms with Gasteiger partial charge in [0.1, 0.15) is 0 Å². The van der Waals surface area contributed by atoms with Crippen LogP contribution in [-0.2, 0) is 11.0 Å². The van der Waals surface area contributed by atoms with Crippen molar-refractivity contribution in [1.29, 1.82) is 0 Å². The van der Waals surface area contributed by atoms with Crippen LogP contribution < -0.4 is 5.32 Å². The molecule has 1 N–H and O–H groups in total. The summed E-state index contributed by atoms with van der Waals surface area (Å²) in [4.78, 5) is 35.8. The van der Waals surface area contributed by atoms with E-state index in [1.807, 2.05) is 0 Å². The summed E-state index contributed by atoms with van der Waals surface area (Å²) in [7, 11) is 0. The van der Waals surface area contributed by atoms with Gasteiger partial charge in [0.15, 0.2) is 0 Å². The first-order valence-electron chi connectivity index (χ1n) is 9.10. The number of amides is 2. The van der Waals surface area contributed by atoms with Crippen LogP contribution in [-0.4, -0.2) is 64.3 Å². The lowest BCUT2D eigenvalue weighted by Crippen LogP contribution is -2.51. The van der Waals surface area contributed by atoms with E-state index in [0.717, 1.165) is 6.07 Å². The molecule has 0 atom stereocenters. The highest BCUT2D eigenvalue weighted by Gasteiger charge is 2.36. The van der Waals surface area contributed by atoms with Gasteiger partial charge in [0.25, 0.3) is 5.91 Å². The zero-order valence-corrected chi connectivity index (χ0v) is 15.5. The van der Waals surface area contributed by atoms with Crippen molar-refractivity contribution >= 4 is 17.8 Å². The Morgan fingerprint density at radius 1 is 0.966 bits per heavy atom. The third-order valence-electron chi connectivity index (χ3n) is 4.57. The maximum absolute atomic E-state index is 13.1. The molecule has 1 aromatic carbocycles. The van der Waals surface area contributed by atoms with Crippen LogP contribution in [0, 0.1) is 0 Å². The van der Waals surface area contributed by atoms with Gasteiger partial charge in [-0.05, 0) is 18.2 Å². The molecule has 1 aliphatic rings. The second kappa shape index (κ2) is 8.89. The first-order chi connectivity index (χ1) is 13.9. The molecule has 0 bridgehead atoms. The minimum atomic E-state index is -4.60. The molecule has 29 heavy (non-hydrogen) atoms. The maximum Gasteiger partial charge on any atom is 0.417 e. The number of anilines is 1. The number of aromatic nitrogens is 2. The fourth-order valence-corrected chi connectivity index (χ4v) is 3.08. The zero-order valence-electron chi connectivity index (χ0n) is 15.5. The van der Waals surface area contributed by atoms with Crippen LogP contribution in [0.1, 0.15) is 22.3 Å². The molecule has 0 aliphatic carbocycles. The Kier molecular flexibility index (Phi) is 6.30. The lowest BCUT2D eigenvalue weighted by molar-refractivity contribution is -0.138. The molecule has 0 spiro atoms. The molecule has 2 aromatic rings. The van der Waals surface area contributed by atoms with Crippen LogP contribution in [0.3, 0.4) is 0 Å². The summed E-state index contributed by atoms with van der Waals surface area (Å²) in [5.74, 6) is -0.344. The standard InChI is InChI=1S/C19H20F3N5O2/c20-19(21,22)15-5-2-1-4-14(15)17(29)27-12-10-26(11-13-27)16(28)6-9-25-18-23-7-3-8-24-18/h1-5,7-8H,6,9-13H2,(H,23,24,25). The van der Waals surface area contributed by atoms with Gasteiger partial charge in [0, 0.05) is 51.5 Å². The largest absolute Gasteiger partial charge is 0.417 e. The van der Waals surface area contributed by atoms with Gasteiger partial charge in [-0.1, -0.05) is 12.1 Å².